The summed E-state index contributed by atoms with van der Waals surface area (Å²) in [6, 6.07) is 0. The highest BCUT2D eigenvalue weighted by Crippen LogP contribution is 2.03. The third-order valence-electron chi connectivity index (χ3n) is 3.17. The van der Waals surface area contributed by atoms with Gasteiger partial charge in [0, 0.05) is 26.2 Å². The Morgan fingerprint density at radius 1 is 1.22 bits per heavy atom. The van der Waals surface area contributed by atoms with E-state index in [4.69, 9.17) is 4.74 Å². The first-order chi connectivity index (χ1) is 8.72. The number of ether oxygens (including phenoxy) is 1. The summed E-state index contributed by atoms with van der Waals surface area (Å²) in [4.78, 5) is 4.92. The van der Waals surface area contributed by atoms with Crippen molar-refractivity contribution in [3.05, 3.63) is 37.1 Å². The van der Waals surface area contributed by atoms with Crippen molar-refractivity contribution in [2.24, 2.45) is 0 Å². The fraction of sp³-hybridized carbons (Fsp3) is 0.600. The largest absolute Gasteiger partial charge is 0.494 e. The second-order valence-electron chi connectivity index (χ2n) is 4.76. The molecule has 0 aromatic rings. The minimum Gasteiger partial charge on any atom is -0.494 e. The van der Waals surface area contributed by atoms with Gasteiger partial charge >= 0.3 is 0 Å². The summed E-state index contributed by atoms with van der Waals surface area (Å²) >= 11 is 0. The molecule has 0 aromatic heterocycles. The van der Waals surface area contributed by atoms with E-state index < -0.39 is 0 Å². The second-order valence-corrected chi connectivity index (χ2v) is 4.76. The summed E-state index contributed by atoms with van der Waals surface area (Å²) in [5, 5.41) is 0. The van der Waals surface area contributed by atoms with Crippen LogP contribution in [0, 0.1) is 0 Å². The Labute approximate surface area is 111 Å². The number of piperazine rings is 1. The summed E-state index contributed by atoms with van der Waals surface area (Å²) in [5.74, 6) is 0.717. The molecule has 3 heteroatoms. The van der Waals surface area contributed by atoms with Gasteiger partial charge in [0.2, 0.25) is 0 Å². The lowest BCUT2D eigenvalue weighted by Gasteiger charge is -2.32. The van der Waals surface area contributed by atoms with Gasteiger partial charge in [-0.3, -0.25) is 0 Å². The van der Waals surface area contributed by atoms with Crippen LogP contribution in [0.1, 0.15) is 12.8 Å². The number of nitrogens with zero attached hydrogens (tertiary/aromatic N) is 2. The quantitative estimate of drug-likeness (QED) is 0.373. The van der Waals surface area contributed by atoms with Crippen molar-refractivity contribution in [3.63, 3.8) is 0 Å². The molecule has 0 aliphatic carbocycles. The Bertz CT molecular complexity index is 278. The molecule has 0 N–H and O–H groups in total. The van der Waals surface area contributed by atoms with Crippen molar-refractivity contribution in [1.29, 1.82) is 0 Å². The SMILES string of the molecule is C=C/C=C\C(=C)OCCCCN1CCN(C)CC1. The zero-order valence-electron chi connectivity index (χ0n) is 11.6. The first-order valence-electron chi connectivity index (χ1n) is 6.74. The summed E-state index contributed by atoms with van der Waals surface area (Å²) in [6.45, 7) is 14.2. The molecule has 1 aliphatic heterocycles. The van der Waals surface area contributed by atoms with Crippen LogP contribution in [0.5, 0.6) is 0 Å². The first kappa shape index (κ1) is 15.0. The van der Waals surface area contributed by atoms with Crippen LogP contribution in [-0.2, 0) is 4.74 Å². The Morgan fingerprint density at radius 2 is 1.94 bits per heavy atom. The maximum absolute atomic E-state index is 5.49. The molecule has 1 saturated heterocycles. The number of unbranched alkanes of at least 4 members (excludes halogenated alkanes) is 1. The summed E-state index contributed by atoms with van der Waals surface area (Å²) in [6.07, 6.45) is 7.69. The van der Waals surface area contributed by atoms with Crippen molar-refractivity contribution in [1.82, 2.24) is 9.80 Å². The van der Waals surface area contributed by atoms with E-state index in [9.17, 15) is 0 Å². The van der Waals surface area contributed by atoms with E-state index in [0.717, 1.165) is 18.8 Å². The van der Waals surface area contributed by atoms with Crippen LogP contribution in [-0.4, -0.2) is 56.2 Å². The molecule has 1 heterocycles. The molecule has 0 bridgehead atoms. The lowest BCUT2D eigenvalue weighted by atomic mass is 10.2. The zero-order valence-corrected chi connectivity index (χ0v) is 11.6. The van der Waals surface area contributed by atoms with Gasteiger partial charge in [0.05, 0.1) is 6.61 Å². The maximum Gasteiger partial charge on any atom is 0.112 e. The lowest BCUT2D eigenvalue weighted by molar-refractivity contribution is 0.146. The summed E-state index contributed by atoms with van der Waals surface area (Å²) < 4.78 is 5.49. The molecule has 1 aliphatic rings. The fourth-order valence-electron chi connectivity index (χ4n) is 1.94. The van der Waals surface area contributed by atoms with Gasteiger partial charge in [-0.15, -0.1) is 0 Å². The van der Waals surface area contributed by atoms with Gasteiger partial charge in [-0.25, -0.2) is 0 Å². The normalized spacial score (nSPS) is 18.1. The smallest absolute Gasteiger partial charge is 0.112 e. The van der Waals surface area contributed by atoms with Crippen LogP contribution in [0.4, 0.5) is 0 Å². The van der Waals surface area contributed by atoms with E-state index in [1.165, 1.54) is 39.1 Å². The second kappa shape index (κ2) is 8.95. The van der Waals surface area contributed by atoms with E-state index in [-0.39, 0.29) is 0 Å². The maximum atomic E-state index is 5.49. The Morgan fingerprint density at radius 3 is 2.61 bits per heavy atom. The van der Waals surface area contributed by atoms with Gasteiger partial charge in [-0.05, 0) is 32.5 Å². The fourth-order valence-corrected chi connectivity index (χ4v) is 1.94. The molecule has 0 radical (unpaired) electrons. The van der Waals surface area contributed by atoms with Crippen molar-refractivity contribution in [2.45, 2.75) is 12.8 Å². The molecule has 0 spiro atoms. The average molecular weight is 250 g/mol. The van der Waals surface area contributed by atoms with E-state index in [1.807, 2.05) is 12.2 Å². The first-order valence-corrected chi connectivity index (χ1v) is 6.74. The van der Waals surface area contributed by atoms with Crippen LogP contribution in [0.3, 0.4) is 0 Å². The van der Waals surface area contributed by atoms with Gasteiger partial charge in [-0.2, -0.15) is 0 Å². The van der Waals surface area contributed by atoms with Crippen molar-refractivity contribution >= 4 is 0 Å². The van der Waals surface area contributed by atoms with E-state index >= 15 is 0 Å². The van der Waals surface area contributed by atoms with Crippen LogP contribution in [0.15, 0.2) is 37.1 Å². The highest BCUT2D eigenvalue weighted by Gasteiger charge is 2.12. The molecule has 3 nitrogen and oxygen atoms in total. The van der Waals surface area contributed by atoms with Crippen LogP contribution in [0.25, 0.3) is 0 Å². The predicted octanol–water partition coefficient (Wildman–Crippen LogP) is 2.29. The molecule has 1 fully saturated rings. The van der Waals surface area contributed by atoms with Gasteiger partial charge in [0.1, 0.15) is 5.76 Å². The van der Waals surface area contributed by atoms with Crippen LogP contribution < -0.4 is 0 Å². The minimum atomic E-state index is 0.717. The molecule has 0 aromatic carbocycles. The summed E-state index contributed by atoms with van der Waals surface area (Å²) in [5.41, 5.74) is 0. The Hall–Kier alpha value is -1.06. The van der Waals surface area contributed by atoms with Crippen molar-refractivity contribution in [2.75, 3.05) is 46.4 Å². The van der Waals surface area contributed by atoms with E-state index in [2.05, 4.69) is 30.0 Å². The summed E-state index contributed by atoms with van der Waals surface area (Å²) in [7, 11) is 2.19. The number of rotatable bonds is 8. The lowest BCUT2D eigenvalue weighted by Crippen LogP contribution is -2.44. The highest BCUT2D eigenvalue weighted by atomic mass is 16.5. The predicted molar refractivity (Wildman–Crippen MR) is 77.6 cm³/mol. The molecule has 1 rings (SSSR count). The van der Waals surface area contributed by atoms with Gasteiger partial charge < -0.3 is 14.5 Å². The molecular weight excluding hydrogens is 224 g/mol. The van der Waals surface area contributed by atoms with Crippen molar-refractivity contribution < 1.29 is 4.74 Å². The third kappa shape index (κ3) is 6.62. The monoisotopic (exact) mass is 250 g/mol. The van der Waals surface area contributed by atoms with Crippen molar-refractivity contribution in [3.8, 4) is 0 Å². The average Bonchev–Trinajstić information content (AvgIpc) is 2.38. The van der Waals surface area contributed by atoms with Crippen LogP contribution in [0.2, 0.25) is 0 Å². The molecule has 0 saturated carbocycles. The minimum absolute atomic E-state index is 0.717. The molecule has 0 amide bonds. The number of likely N-dealkylation sites (N-methyl/N-ethyl adjacent to an activating group) is 1. The number of allylic oxidation sites excluding steroid dienone is 3. The van der Waals surface area contributed by atoms with E-state index in [1.54, 1.807) is 6.08 Å². The van der Waals surface area contributed by atoms with Crippen LogP contribution >= 0.6 is 0 Å². The number of hydrogen-bond acceptors (Lipinski definition) is 3. The number of hydrogen-bond donors (Lipinski definition) is 0. The third-order valence-corrected chi connectivity index (χ3v) is 3.17. The molecule has 102 valence electrons. The molecule has 0 unspecified atom stereocenters. The van der Waals surface area contributed by atoms with Gasteiger partial charge in [0.25, 0.3) is 0 Å². The zero-order chi connectivity index (χ0) is 13.2. The molecule has 18 heavy (non-hydrogen) atoms. The highest BCUT2D eigenvalue weighted by molar-refractivity contribution is 5.12. The Balaban J connectivity index is 1.97. The molecule has 0 atom stereocenters. The van der Waals surface area contributed by atoms with E-state index in [0.29, 0.717) is 0 Å². The standard InChI is InChI=1S/C15H26N2O/c1-4-5-8-15(2)18-14-7-6-9-17-12-10-16(3)11-13-17/h4-5,8H,1-2,6-7,9-14H2,3H3/b8-5-. The molecular formula is C15H26N2O. The van der Waals surface area contributed by atoms with Gasteiger partial charge in [-0.1, -0.05) is 25.3 Å². The topological polar surface area (TPSA) is 15.7 Å². The Kier molecular flexibility index (Phi) is 7.46. The van der Waals surface area contributed by atoms with Gasteiger partial charge in [0.15, 0.2) is 0 Å².